The molecule has 1 aliphatic carbocycles. The molecule has 4 nitrogen and oxygen atoms in total. The monoisotopic (exact) mass is 241 g/mol. The lowest BCUT2D eigenvalue weighted by molar-refractivity contribution is 0.0724. The standard InChI is InChI=1S/C13H27N3O/c1-2-5-15-6-8-16(9-7-15)11-13(17)10-14-12-3-4-12/h12-14,17H,2-11H2,1H3. The molecule has 0 amide bonds. The van der Waals surface area contributed by atoms with Crippen molar-refractivity contribution >= 4 is 0 Å². The van der Waals surface area contributed by atoms with Crippen molar-refractivity contribution in [1.82, 2.24) is 15.1 Å². The SMILES string of the molecule is CCCN1CCN(CC(O)CNC2CC2)CC1. The van der Waals surface area contributed by atoms with E-state index in [1.807, 2.05) is 0 Å². The molecule has 0 spiro atoms. The van der Waals surface area contributed by atoms with Gasteiger partial charge < -0.3 is 15.3 Å². The largest absolute Gasteiger partial charge is 0.390 e. The molecule has 1 atom stereocenters. The van der Waals surface area contributed by atoms with Crippen LogP contribution in [0.2, 0.25) is 0 Å². The second-order valence-corrected chi connectivity index (χ2v) is 5.48. The van der Waals surface area contributed by atoms with Gasteiger partial charge in [0.15, 0.2) is 0 Å². The van der Waals surface area contributed by atoms with Crippen molar-refractivity contribution in [1.29, 1.82) is 0 Å². The van der Waals surface area contributed by atoms with Gasteiger partial charge in [0.25, 0.3) is 0 Å². The van der Waals surface area contributed by atoms with E-state index in [9.17, 15) is 5.11 Å². The summed E-state index contributed by atoms with van der Waals surface area (Å²) < 4.78 is 0. The smallest absolute Gasteiger partial charge is 0.0791 e. The van der Waals surface area contributed by atoms with Gasteiger partial charge in [-0.15, -0.1) is 0 Å². The molecule has 17 heavy (non-hydrogen) atoms. The first-order chi connectivity index (χ1) is 8.28. The first-order valence-electron chi connectivity index (χ1n) is 7.14. The number of rotatable bonds is 7. The molecule has 1 saturated carbocycles. The summed E-state index contributed by atoms with van der Waals surface area (Å²) in [7, 11) is 0. The van der Waals surface area contributed by atoms with E-state index >= 15 is 0 Å². The van der Waals surface area contributed by atoms with Crippen molar-refractivity contribution in [3.8, 4) is 0 Å². The molecule has 2 aliphatic rings. The van der Waals surface area contributed by atoms with Crippen LogP contribution in [0.25, 0.3) is 0 Å². The fourth-order valence-electron chi connectivity index (χ4n) is 2.46. The predicted molar refractivity (Wildman–Crippen MR) is 70.2 cm³/mol. The molecule has 1 heterocycles. The quantitative estimate of drug-likeness (QED) is 0.664. The Balaban J connectivity index is 1.56. The zero-order valence-corrected chi connectivity index (χ0v) is 11.1. The second-order valence-electron chi connectivity index (χ2n) is 5.48. The van der Waals surface area contributed by atoms with Crippen LogP contribution in [0, 0.1) is 0 Å². The molecule has 4 heteroatoms. The van der Waals surface area contributed by atoms with E-state index in [1.165, 1.54) is 25.8 Å². The summed E-state index contributed by atoms with van der Waals surface area (Å²) >= 11 is 0. The van der Waals surface area contributed by atoms with Gasteiger partial charge in [0.1, 0.15) is 0 Å². The minimum atomic E-state index is -0.201. The molecule has 0 bridgehead atoms. The van der Waals surface area contributed by atoms with Gasteiger partial charge in [0.2, 0.25) is 0 Å². The van der Waals surface area contributed by atoms with Gasteiger partial charge >= 0.3 is 0 Å². The van der Waals surface area contributed by atoms with Gasteiger partial charge in [-0.3, -0.25) is 4.90 Å². The summed E-state index contributed by atoms with van der Waals surface area (Å²) in [5.74, 6) is 0. The fourth-order valence-corrected chi connectivity index (χ4v) is 2.46. The molecule has 2 N–H and O–H groups in total. The summed E-state index contributed by atoms with van der Waals surface area (Å²) in [6, 6.07) is 0.700. The van der Waals surface area contributed by atoms with Crippen LogP contribution in [0.3, 0.4) is 0 Å². The molecule has 100 valence electrons. The Hall–Kier alpha value is -0.160. The lowest BCUT2D eigenvalue weighted by Crippen LogP contribution is -2.49. The summed E-state index contributed by atoms with van der Waals surface area (Å²) in [5, 5.41) is 13.3. The number of hydrogen-bond acceptors (Lipinski definition) is 4. The zero-order valence-electron chi connectivity index (χ0n) is 11.1. The first-order valence-corrected chi connectivity index (χ1v) is 7.14. The highest BCUT2D eigenvalue weighted by atomic mass is 16.3. The van der Waals surface area contributed by atoms with E-state index < -0.39 is 0 Å². The molecule has 2 fully saturated rings. The maximum Gasteiger partial charge on any atom is 0.0791 e. The van der Waals surface area contributed by atoms with E-state index in [0.717, 1.165) is 39.3 Å². The summed E-state index contributed by atoms with van der Waals surface area (Å²) in [4.78, 5) is 4.91. The Morgan fingerprint density at radius 1 is 1.18 bits per heavy atom. The van der Waals surface area contributed by atoms with Crippen molar-refractivity contribution in [3.63, 3.8) is 0 Å². The predicted octanol–water partition coefficient (Wildman–Crippen LogP) is 0.127. The highest BCUT2D eigenvalue weighted by molar-refractivity contribution is 4.83. The molecule has 2 rings (SSSR count). The van der Waals surface area contributed by atoms with E-state index in [1.54, 1.807) is 0 Å². The lowest BCUT2D eigenvalue weighted by atomic mass is 10.2. The number of hydrogen-bond donors (Lipinski definition) is 2. The highest BCUT2D eigenvalue weighted by Gasteiger charge is 2.23. The molecule has 1 saturated heterocycles. The van der Waals surface area contributed by atoms with Crippen LogP contribution in [0.4, 0.5) is 0 Å². The Kier molecular flexibility index (Phi) is 5.22. The summed E-state index contributed by atoms with van der Waals surface area (Å²) in [5.41, 5.74) is 0. The topological polar surface area (TPSA) is 38.7 Å². The minimum Gasteiger partial charge on any atom is -0.390 e. The minimum absolute atomic E-state index is 0.201. The third kappa shape index (κ3) is 4.92. The number of piperazine rings is 1. The molecule has 0 aromatic carbocycles. The number of aliphatic hydroxyl groups is 1. The first kappa shape index (κ1) is 13.3. The van der Waals surface area contributed by atoms with Crippen LogP contribution in [-0.4, -0.2) is 72.9 Å². The third-order valence-corrected chi connectivity index (χ3v) is 3.69. The van der Waals surface area contributed by atoms with Crippen LogP contribution >= 0.6 is 0 Å². The van der Waals surface area contributed by atoms with Crippen LogP contribution in [0.5, 0.6) is 0 Å². The van der Waals surface area contributed by atoms with Crippen molar-refractivity contribution in [2.24, 2.45) is 0 Å². The average Bonchev–Trinajstić information content (AvgIpc) is 3.13. The van der Waals surface area contributed by atoms with Gasteiger partial charge in [-0.1, -0.05) is 6.92 Å². The zero-order chi connectivity index (χ0) is 12.1. The van der Waals surface area contributed by atoms with Crippen molar-refractivity contribution in [3.05, 3.63) is 0 Å². The van der Waals surface area contributed by atoms with Gasteiger partial charge in [-0.2, -0.15) is 0 Å². The highest BCUT2D eigenvalue weighted by Crippen LogP contribution is 2.18. The fraction of sp³-hybridized carbons (Fsp3) is 1.00. The molecular formula is C13H27N3O. The second kappa shape index (κ2) is 6.69. The Morgan fingerprint density at radius 3 is 2.41 bits per heavy atom. The van der Waals surface area contributed by atoms with Crippen molar-refractivity contribution in [2.75, 3.05) is 45.8 Å². The summed E-state index contributed by atoms with van der Waals surface area (Å²) in [6.07, 6.45) is 3.63. The molecule has 0 radical (unpaired) electrons. The third-order valence-electron chi connectivity index (χ3n) is 3.69. The molecule has 1 unspecified atom stereocenters. The molecule has 0 aromatic rings. The molecular weight excluding hydrogens is 214 g/mol. The maximum atomic E-state index is 9.93. The number of nitrogens with zero attached hydrogens (tertiary/aromatic N) is 2. The molecule has 0 aromatic heterocycles. The average molecular weight is 241 g/mol. The Labute approximate surface area is 105 Å². The van der Waals surface area contributed by atoms with Gasteiger partial charge in [-0.05, 0) is 25.8 Å². The summed E-state index contributed by atoms with van der Waals surface area (Å²) in [6.45, 7) is 9.60. The number of aliphatic hydroxyl groups excluding tert-OH is 1. The van der Waals surface area contributed by atoms with E-state index in [0.29, 0.717) is 6.04 Å². The van der Waals surface area contributed by atoms with Crippen LogP contribution in [0.1, 0.15) is 26.2 Å². The van der Waals surface area contributed by atoms with Crippen LogP contribution < -0.4 is 5.32 Å². The lowest BCUT2D eigenvalue weighted by Gasteiger charge is -2.35. The Bertz CT molecular complexity index is 213. The van der Waals surface area contributed by atoms with Crippen LogP contribution in [-0.2, 0) is 0 Å². The number of β-amino-alcohol motifs (C(OH)–C–C–N with tert-alkyl or cyclic N) is 1. The van der Waals surface area contributed by atoms with Crippen molar-refractivity contribution in [2.45, 2.75) is 38.3 Å². The maximum absolute atomic E-state index is 9.93. The van der Waals surface area contributed by atoms with Crippen LogP contribution in [0.15, 0.2) is 0 Å². The van der Waals surface area contributed by atoms with Gasteiger partial charge in [0.05, 0.1) is 6.10 Å². The van der Waals surface area contributed by atoms with Gasteiger partial charge in [-0.25, -0.2) is 0 Å². The van der Waals surface area contributed by atoms with E-state index in [-0.39, 0.29) is 6.10 Å². The van der Waals surface area contributed by atoms with E-state index in [2.05, 4.69) is 22.0 Å². The Morgan fingerprint density at radius 2 is 1.82 bits per heavy atom. The van der Waals surface area contributed by atoms with E-state index in [4.69, 9.17) is 0 Å². The number of nitrogens with one attached hydrogen (secondary N) is 1. The van der Waals surface area contributed by atoms with Crippen molar-refractivity contribution < 1.29 is 5.11 Å². The molecule has 1 aliphatic heterocycles. The van der Waals surface area contributed by atoms with Gasteiger partial charge in [0, 0.05) is 45.3 Å². The normalized spacial score (nSPS) is 25.1.